The minimum atomic E-state index is -1.63. The van der Waals surface area contributed by atoms with E-state index in [-0.39, 0.29) is 113 Å². The van der Waals surface area contributed by atoms with E-state index >= 15 is 0 Å². The van der Waals surface area contributed by atoms with E-state index < -0.39 is 120 Å². The lowest BCUT2D eigenvalue weighted by molar-refractivity contribution is -0.137. The molecular formula is C58H110N16O11. The number of unbranched alkanes of at least 4 members (excludes halogenated alkanes) is 2. The van der Waals surface area contributed by atoms with Crippen LogP contribution < -0.4 is 82.3 Å². The van der Waals surface area contributed by atoms with Crippen molar-refractivity contribution < 1.29 is 53.1 Å². The number of carbonyl (C=O) groups is 10. The summed E-state index contributed by atoms with van der Waals surface area (Å²) in [7, 11) is 0. The summed E-state index contributed by atoms with van der Waals surface area (Å²) in [6.07, 6.45) is 6.82. The average molecular weight is 1210 g/mol. The molecule has 0 unspecified atom stereocenters. The molecule has 27 heteroatoms. The molecule has 10 amide bonds. The molecule has 1 aliphatic rings. The minimum Gasteiger partial charge on any atom is -0.391 e. The number of rotatable bonds is 43. The van der Waals surface area contributed by atoms with E-state index in [2.05, 4.69) is 52.8 Å². The molecule has 0 aliphatic heterocycles. The maximum atomic E-state index is 14.6. The topological polar surface area (TPSA) is 468 Å². The maximum absolute atomic E-state index is 14.6. The molecule has 22 N–H and O–H groups in total. The maximum Gasteiger partial charge on any atom is 0.245 e. The molecule has 1 aliphatic carbocycles. The van der Waals surface area contributed by atoms with Gasteiger partial charge >= 0.3 is 0 Å². The van der Waals surface area contributed by atoms with Crippen molar-refractivity contribution in [1.82, 2.24) is 47.9 Å². The zero-order chi connectivity index (χ0) is 64.3. The molecule has 1 saturated carbocycles. The number of hydrogen-bond donors (Lipinski definition) is 16. The monoisotopic (exact) mass is 1210 g/mol. The van der Waals surface area contributed by atoms with Gasteiger partial charge in [-0.2, -0.15) is 0 Å². The van der Waals surface area contributed by atoms with Crippen molar-refractivity contribution >= 4 is 65.0 Å². The van der Waals surface area contributed by atoms with Crippen molar-refractivity contribution in [3.8, 4) is 0 Å². The number of aliphatic imine (C=N–C) groups is 1. The summed E-state index contributed by atoms with van der Waals surface area (Å²) in [4.78, 5) is 143. The molecule has 0 spiro atoms. The predicted octanol–water partition coefficient (Wildman–Crippen LogP) is -0.969. The smallest absolute Gasteiger partial charge is 0.245 e. The molecule has 27 nitrogen and oxygen atoms in total. The third-order valence-electron chi connectivity index (χ3n) is 14.9. The molecule has 1 fully saturated rings. The number of primary amides is 1. The summed E-state index contributed by atoms with van der Waals surface area (Å²) >= 11 is 0. The molecule has 0 saturated heterocycles. The molecule has 1 rings (SSSR count). The van der Waals surface area contributed by atoms with E-state index in [1.165, 1.54) is 6.92 Å². The van der Waals surface area contributed by atoms with Crippen LogP contribution in [0.15, 0.2) is 4.99 Å². The SMILES string of the molecule is CC[C@H](C)C[C@H](NC(=O)[C@H](CCCN=C(N)N)NC(=O)[C@H](CCCCN)NC(=O)[C@H](CC(C)C)NC(=O)[C@H](CC1CCCCC1)NC(=O)CN)C(=O)N[C@@H](CCCCN)C(=O)N[C@H](C(=O)N[C@@H](CC(C)C)C(=O)N[C@@H](CC(C)C)C(N)=O)[C@@H](C)O. The van der Waals surface area contributed by atoms with E-state index in [4.69, 9.17) is 34.4 Å². The van der Waals surface area contributed by atoms with Gasteiger partial charge in [-0.15, -0.1) is 0 Å². The highest BCUT2D eigenvalue weighted by Gasteiger charge is 2.37. The third kappa shape index (κ3) is 31.7. The van der Waals surface area contributed by atoms with Crippen LogP contribution in [0, 0.1) is 29.6 Å². The van der Waals surface area contributed by atoms with E-state index in [0.717, 1.165) is 32.1 Å². The Balaban J connectivity index is 3.65. The molecule has 85 heavy (non-hydrogen) atoms. The van der Waals surface area contributed by atoms with E-state index in [1.807, 2.05) is 55.4 Å². The number of amides is 10. The molecular weight excluding hydrogens is 1100 g/mol. The number of nitrogens with two attached hydrogens (primary N) is 6. The Morgan fingerprint density at radius 2 is 0.835 bits per heavy atom. The molecule has 0 radical (unpaired) electrons. The van der Waals surface area contributed by atoms with E-state index in [1.54, 1.807) is 0 Å². The number of aliphatic hydroxyl groups excluding tert-OH is 1. The first-order valence-corrected chi connectivity index (χ1v) is 30.9. The first kappa shape index (κ1) is 76.8. The third-order valence-corrected chi connectivity index (χ3v) is 14.9. The standard InChI is InChI=1S/C58H110N16O11/c1-10-36(8)30-45(55(83)69-40(22-15-17-25-60)52(80)74-48(37(9)75)57(85)73-44(29-35(6)7)54(82)70-42(49(62)77)27-33(2)3)72-51(79)41(23-18-26-65-58(63)64)67-50(78)39(21-14-16-24-59)68-53(81)43(28-34(4)5)71-56(84)46(66-47(76)32-61)31-38-19-12-11-13-20-38/h33-46,48,75H,10-32,59-61H2,1-9H3,(H2,62,77)(H,66,76)(H,67,78)(H,68,81)(H,69,83)(H,70,82)(H,71,84)(H,72,79)(H,73,85)(H,74,80)(H4,63,64,65)/t36-,37+,39-,40-,41-,42-,43-,44-,45-,46-,48-/m0/s1. The van der Waals surface area contributed by atoms with E-state index in [9.17, 15) is 53.1 Å². The fourth-order valence-electron chi connectivity index (χ4n) is 10.0. The number of carbonyl (C=O) groups excluding carboxylic acids is 10. The summed E-state index contributed by atoms with van der Waals surface area (Å²) in [5.41, 5.74) is 34.1. The van der Waals surface area contributed by atoms with Gasteiger partial charge < -0.3 is 87.4 Å². The van der Waals surface area contributed by atoms with Crippen LogP contribution in [-0.2, 0) is 47.9 Å². The van der Waals surface area contributed by atoms with Crippen LogP contribution in [0.25, 0.3) is 0 Å². The normalized spacial score (nSPS) is 16.6. The first-order chi connectivity index (χ1) is 40.1. The van der Waals surface area contributed by atoms with Crippen molar-refractivity contribution in [2.24, 2.45) is 69.0 Å². The molecule has 488 valence electrons. The highest BCUT2D eigenvalue weighted by atomic mass is 16.3. The highest BCUT2D eigenvalue weighted by Crippen LogP contribution is 2.28. The fourth-order valence-corrected chi connectivity index (χ4v) is 10.0. The lowest BCUT2D eigenvalue weighted by Crippen LogP contribution is -2.62. The van der Waals surface area contributed by atoms with Crippen LogP contribution >= 0.6 is 0 Å². The van der Waals surface area contributed by atoms with Crippen molar-refractivity contribution in [1.29, 1.82) is 0 Å². The molecule has 0 aromatic heterocycles. The van der Waals surface area contributed by atoms with Gasteiger partial charge in [0, 0.05) is 6.54 Å². The average Bonchev–Trinajstić information content (AvgIpc) is 3.59. The Kier molecular flexibility index (Phi) is 37.8. The van der Waals surface area contributed by atoms with Gasteiger partial charge in [0.15, 0.2) is 5.96 Å². The van der Waals surface area contributed by atoms with Gasteiger partial charge in [0.25, 0.3) is 0 Å². The van der Waals surface area contributed by atoms with Crippen LogP contribution in [0.5, 0.6) is 0 Å². The highest BCUT2D eigenvalue weighted by molar-refractivity contribution is 5.98. The summed E-state index contributed by atoms with van der Waals surface area (Å²) in [6.45, 7) is 16.4. The van der Waals surface area contributed by atoms with Crippen molar-refractivity contribution in [2.45, 2.75) is 245 Å². The Hall–Kier alpha value is -6.19. The second kappa shape index (κ2) is 41.8. The van der Waals surface area contributed by atoms with Crippen LogP contribution in [0.3, 0.4) is 0 Å². The van der Waals surface area contributed by atoms with Gasteiger partial charge in [0.05, 0.1) is 12.6 Å². The molecule has 11 atom stereocenters. The quantitative estimate of drug-likeness (QED) is 0.0198. The summed E-state index contributed by atoms with van der Waals surface area (Å²) < 4.78 is 0. The Morgan fingerprint density at radius 3 is 1.24 bits per heavy atom. The molecule has 0 aromatic rings. The van der Waals surface area contributed by atoms with Gasteiger partial charge in [-0.05, 0) is 133 Å². The second-order valence-corrected chi connectivity index (χ2v) is 24.3. The number of nitrogens with one attached hydrogen (secondary N) is 9. The lowest BCUT2D eigenvalue weighted by Gasteiger charge is -2.30. The summed E-state index contributed by atoms with van der Waals surface area (Å²) in [6, 6.07) is -11.1. The first-order valence-electron chi connectivity index (χ1n) is 30.9. The molecule has 0 heterocycles. The fraction of sp³-hybridized carbons (Fsp3) is 0.810. The second-order valence-electron chi connectivity index (χ2n) is 24.3. The van der Waals surface area contributed by atoms with Crippen molar-refractivity contribution in [3.05, 3.63) is 0 Å². The summed E-state index contributed by atoms with van der Waals surface area (Å²) in [5.74, 6) is -7.72. The van der Waals surface area contributed by atoms with Gasteiger partial charge in [-0.3, -0.25) is 52.9 Å². The number of aliphatic hydroxyl groups is 1. The van der Waals surface area contributed by atoms with Gasteiger partial charge in [0.1, 0.15) is 54.4 Å². The van der Waals surface area contributed by atoms with Gasteiger partial charge in [0.2, 0.25) is 59.1 Å². The largest absolute Gasteiger partial charge is 0.391 e. The van der Waals surface area contributed by atoms with Gasteiger partial charge in [-0.25, -0.2) is 0 Å². The molecule has 0 aromatic carbocycles. The van der Waals surface area contributed by atoms with Crippen LogP contribution in [-0.4, -0.2) is 157 Å². The number of hydrogen-bond acceptors (Lipinski definition) is 15. The number of guanidine groups is 1. The zero-order valence-electron chi connectivity index (χ0n) is 52.4. The number of nitrogens with zero attached hydrogens (tertiary/aromatic N) is 1. The van der Waals surface area contributed by atoms with Crippen molar-refractivity contribution in [2.75, 3.05) is 26.2 Å². The van der Waals surface area contributed by atoms with Crippen molar-refractivity contribution in [3.63, 3.8) is 0 Å². The predicted molar refractivity (Wildman–Crippen MR) is 327 cm³/mol. The zero-order valence-corrected chi connectivity index (χ0v) is 52.4. The van der Waals surface area contributed by atoms with Crippen LogP contribution in [0.4, 0.5) is 0 Å². The van der Waals surface area contributed by atoms with Crippen LogP contribution in [0.2, 0.25) is 0 Å². The Morgan fingerprint density at radius 1 is 0.459 bits per heavy atom. The summed E-state index contributed by atoms with van der Waals surface area (Å²) in [5, 5.41) is 35.4. The Bertz CT molecular complexity index is 2120. The minimum absolute atomic E-state index is 0.00470. The van der Waals surface area contributed by atoms with Crippen LogP contribution in [0.1, 0.15) is 184 Å². The lowest BCUT2D eigenvalue weighted by atomic mass is 9.84. The van der Waals surface area contributed by atoms with Gasteiger partial charge in [-0.1, -0.05) is 93.9 Å². The van der Waals surface area contributed by atoms with E-state index in [0.29, 0.717) is 38.5 Å². The Labute approximate surface area is 504 Å². The molecule has 0 bridgehead atoms.